The van der Waals surface area contributed by atoms with E-state index in [-0.39, 0.29) is 29.7 Å². The molecule has 200 valence electrons. The van der Waals surface area contributed by atoms with E-state index >= 15 is 0 Å². The molecule has 1 saturated heterocycles. The van der Waals surface area contributed by atoms with Crippen LogP contribution in [0.5, 0.6) is 23.0 Å². The fourth-order valence-corrected chi connectivity index (χ4v) is 4.49. The number of aryl methyl sites for hydroxylation is 1. The number of nitrogens with one attached hydrogen (secondary N) is 1. The lowest BCUT2D eigenvalue weighted by Gasteiger charge is -2.26. The predicted molar refractivity (Wildman–Crippen MR) is 145 cm³/mol. The number of rotatable bonds is 7. The number of amides is 4. The van der Waals surface area contributed by atoms with Crippen molar-refractivity contribution in [2.45, 2.75) is 20.5 Å². The second kappa shape index (κ2) is 10.9. The number of nitrogens with zero attached hydrogens (tertiary/aromatic N) is 1. The van der Waals surface area contributed by atoms with Gasteiger partial charge in [-0.05, 0) is 73.0 Å². The summed E-state index contributed by atoms with van der Waals surface area (Å²) in [6.45, 7) is 4.25. The number of barbiturate groups is 1. The lowest BCUT2D eigenvalue weighted by Crippen LogP contribution is -2.54. The monoisotopic (exact) mass is 568 g/mol. The van der Waals surface area contributed by atoms with Crippen molar-refractivity contribution in [3.8, 4) is 23.0 Å². The summed E-state index contributed by atoms with van der Waals surface area (Å²) in [5, 5.41) is 2.77. The van der Waals surface area contributed by atoms with Gasteiger partial charge in [0.15, 0.2) is 23.0 Å². The Bertz CT molecular complexity index is 1540. The van der Waals surface area contributed by atoms with Crippen LogP contribution in [0, 0.1) is 6.92 Å². The molecule has 0 bridgehead atoms. The summed E-state index contributed by atoms with van der Waals surface area (Å²) in [7, 11) is 0. The van der Waals surface area contributed by atoms with Gasteiger partial charge in [-0.2, -0.15) is 0 Å². The molecule has 4 amide bonds. The van der Waals surface area contributed by atoms with E-state index in [1.54, 1.807) is 38.1 Å². The van der Waals surface area contributed by atoms with Gasteiger partial charge in [-0.1, -0.05) is 35.3 Å². The maximum Gasteiger partial charge on any atom is 0.335 e. The van der Waals surface area contributed by atoms with Gasteiger partial charge in [0, 0.05) is 5.02 Å². The zero-order valence-electron chi connectivity index (χ0n) is 20.9. The molecule has 3 aromatic carbocycles. The Balaban J connectivity index is 1.43. The number of carbonyl (C=O) groups excluding carboxylic acids is 3. The van der Waals surface area contributed by atoms with Gasteiger partial charge in [-0.15, -0.1) is 0 Å². The van der Waals surface area contributed by atoms with E-state index in [0.29, 0.717) is 40.2 Å². The van der Waals surface area contributed by atoms with Gasteiger partial charge in [0.25, 0.3) is 11.8 Å². The number of hydrogen-bond acceptors (Lipinski definition) is 7. The summed E-state index contributed by atoms with van der Waals surface area (Å²) < 4.78 is 22.5. The first-order chi connectivity index (χ1) is 18.7. The fourth-order valence-electron chi connectivity index (χ4n) is 4.04. The molecule has 39 heavy (non-hydrogen) atoms. The summed E-state index contributed by atoms with van der Waals surface area (Å²) in [6, 6.07) is 12.5. The van der Waals surface area contributed by atoms with Crippen molar-refractivity contribution < 1.29 is 33.3 Å². The van der Waals surface area contributed by atoms with E-state index in [1.807, 2.05) is 12.1 Å². The minimum Gasteiger partial charge on any atom is -0.490 e. The van der Waals surface area contributed by atoms with Crippen molar-refractivity contribution in [3.05, 3.63) is 80.8 Å². The number of carbonyl (C=O) groups is 3. The highest BCUT2D eigenvalue weighted by Gasteiger charge is 2.37. The molecule has 1 N–H and O–H groups in total. The van der Waals surface area contributed by atoms with Crippen LogP contribution < -0.4 is 29.2 Å². The molecule has 3 aromatic rings. The number of urea groups is 1. The Labute approximate surface area is 233 Å². The van der Waals surface area contributed by atoms with Crippen LogP contribution >= 0.6 is 23.2 Å². The van der Waals surface area contributed by atoms with E-state index in [0.717, 1.165) is 16.0 Å². The Morgan fingerprint density at radius 1 is 0.974 bits per heavy atom. The fraction of sp³-hybridized carbons (Fsp3) is 0.179. The molecule has 2 heterocycles. The average Bonchev–Trinajstić information content (AvgIpc) is 3.36. The van der Waals surface area contributed by atoms with Crippen LogP contribution in [0.3, 0.4) is 0 Å². The van der Waals surface area contributed by atoms with Gasteiger partial charge in [-0.3, -0.25) is 14.9 Å². The highest BCUT2D eigenvalue weighted by atomic mass is 35.5. The average molecular weight is 569 g/mol. The third-order valence-corrected chi connectivity index (χ3v) is 6.67. The van der Waals surface area contributed by atoms with Gasteiger partial charge in [0.2, 0.25) is 6.79 Å². The summed E-state index contributed by atoms with van der Waals surface area (Å²) in [4.78, 5) is 39.3. The van der Waals surface area contributed by atoms with Crippen molar-refractivity contribution in [3.63, 3.8) is 0 Å². The molecule has 0 saturated carbocycles. The zero-order valence-corrected chi connectivity index (χ0v) is 22.4. The van der Waals surface area contributed by atoms with Gasteiger partial charge in [0.1, 0.15) is 12.2 Å². The first-order valence-electron chi connectivity index (χ1n) is 11.9. The number of ether oxygens (including phenoxy) is 4. The number of anilines is 1. The van der Waals surface area contributed by atoms with Crippen LogP contribution in [0.1, 0.15) is 23.6 Å². The summed E-state index contributed by atoms with van der Waals surface area (Å²) >= 11 is 12.7. The second-order valence-electron chi connectivity index (χ2n) is 8.63. The molecule has 0 aromatic heterocycles. The lowest BCUT2D eigenvalue weighted by atomic mass is 10.1. The number of benzene rings is 3. The Morgan fingerprint density at radius 2 is 1.77 bits per heavy atom. The van der Waals surface area contributed by atoms with Crippen molar-refractivity contribution in [1.82, 2.24) is 5.32 Å². The molecule has 11 heteroatoms. The van der Waals surface area contributed by atoms with Crippen molar-refractivity contribution in [2.75, 3.05) is 18.3 Å². The van der Waals surface area contributed by atoms with E-state index in [9.17, 15) is 14.4 Å². The SMILES string of the molecule is CCOc1cc(/C=C2/C(=O)NC(=O)N(c3ccc(C)c(Cl)c3)C2=O)cc(Cl)c1OCc1ccc2c(c1)OCO2. The third-order valence-electron chi connectivity index (χ3n) is 5.98. The maximum absolute atomic E-state index is 13.3. The standard InChI is InChI=1S/C28H22Cl2N2O7/c1-3-36-24-11-17(9-21(30)25(24)37-13-16-5-7-22-23(10-16)39-14-38-22)8-19-26(33)31-28(35)32(27(19)34)18-6-4-15(2)20(29)12-18/h4-12H,3,13-14H2,1-2H3,(H,31,33,35)/b19-8-. The van der Waals surface area contributed by atoms with Crippen LogP contribution in [-0.4, -0.2) is 31.2 Å². The molecule has 2 aliphatic heterocycles. The third kappa shape index (κ3) is 5.36. The molecule has 0 aliphatic carbocycles. The Morgan fingerprint density at radius 3 is 2.54 bits per heavy atom. The molecule has 0 radical (unpaired) electrons. The van der Waals surface area contributed by atoms with Gasteiger partial charge >= 0.3 is 6.03 Å². The molecule has 9 nitrogen and oxygen atoms in total. The number of imide groups is 2. The minimum atomic E-state index is -0.873. The normalized spacial score (nSPS) is 15.5. The molecule has 0 spiro atoms. The van der Waals surface area contributed by atoms with Crippen LogP contribution in [0.4, 0.5) is 10.5 Å². The van der Waals surface area contributed by atoms with Crippen LogP contribution in [-0.2, 0) is 16.2 Å². The molecular formula is C28H22Cl2N2O7. The van der Waals surface area contributed by atoms with Crippen molar-refractivity contribution in [1.29, 1.82) is 0 Å². The molecular weight excluding hydrogens is 547 g/mol. The topological polar surface area (TPSA) is 103 Å². The second-order valence-corrected chi connectivity index (χ2v) is 9.45. The number of fused-ring (bicyclic) bond motifs is 1. The van der Waals surface area contributed by atoms with E-state index in [1.165, 1.54) is 18.2 Å². The van der Waals surface area contributed by atoms with E-state index < -0.39 is 17.8 Å². The quantitative estimate of drug-likeness (QED) is 0.289. The van der Waals surface area contributed by atoms with E-state index in [2.05, 4.69) is 5.32 Å². The van der Waals surface area contributed by atoms with Gasteiger partial charge in [-0.25, -0.2) is 9.69 Å². The van der Waals surface area contributed by atoms with Crippen LogP contribution in [0.25, 0.3) is 6.08 Å². The largest absolute Gasteiger partial charge is 0.490 e. The minimum absolute atomic E-state index is 0.169. The number of hydrogen-bond donors (Lipinski definition) is 1. The molecule has 5 rings (SSSR count). The first kappa shape index (κ1) is 26.4. The van der Waals surface area contributed by atoms with Crippen LogP contribution in [0.2, 0.25) is 10.0 Å². The molecule has 1 fully saturated rings. The maximum atomic E-state index is 13.3. The summed E-state index contributed by atoms with van der Waals surface area (Å²) in [6.07, 6.45) is 1.34. The number of halogens is 2. The highest BCUT2D eigenvalue weighted by molar-refractivity contribution is 6.39. The predicted octanol–water partition coefficient (Wildman–Crippen LogP) is 5.67. The first-order valence-corrected chi connectivity index (χ1v) is 12.7. The summed E-state index contributed by atoms with van der Waals surface area (Å²) in [5.74, 6) is 0.266. The Kier molecular flexibility index (Phi) is 7.36. The lowest BCUT2D eigenvalue weighted by molar-refractivity contribution is -0.122. The van der Waals surface area contributed by atoms with Crippen LogP contribution in [0.15, 0.2) is 54.1 Å². The van der Waals surface area contributed by atoms with Gasteiger partial charge in [0.05, 0.1) is 17.3 Å². The van der Waals surface area contributed by atoms with Crippen molar-refractivity contribution >= 4 is 52.8 Å². The smallest absolute Gasteiger partial charge is 0.335 e. The Hall–Kier alpha value is -4.21. The molecule has 2 aliphatic rings. The summed E-state index contributed by atoms with van der Waals surface area (Å²) in [5.41, 5.74) is 1.96. The highest BCUT2D eigenvalue weighted by Crippen LogP contribution is 2.39. The van der Waals surface area contributed by atoms with E-state index in [4.69, 9.17) is 42.1 Å². The molecule has 0 atom stereocenters. The molecule has 0 unspecified atom stereocenters. The van der Waals surface area contributed by atoms with Crippen molar-refractivity contribution in [2.24, 2.45) is 0 Å². The van der Waals surface area contributed by atoms with Gasteiger partial charge < -0.3 is 18.9 Å². The zero-order chi connectivity index (χ0) is 27.7.